The second kappa shape index (κ2) is 6.50. The number of pyridine rings is 1. The molecule has 0 spiro atoms. The van der Waals surface area contributed by atoms with E-state index in [1.165, 1.54) is 23.5 Å². The van der Waals surface area contributed by atoms with Gasteiger partial charge in [-0.05, 0) is 24.3 Å². The zero-order valence-corrected chi connectivity index (χ0v) is 14.3. The van der Waals surface area contributed by atoms with E-state index in [0.29, 0.717) is 10.8 Å². The third kappa shape index (κ3) is 3.50. The molecule has 0 aliphatic carbocycles. The lowest BCUT2D eigenvalue weighted by molar-refractivity contribution is 0.102. The van der Waals surface area contributed by atoms with Crippen molar-refractivity contribution in [2.75, 3.05) is 11.6 Å². The van der Waals surface area contributed by atoms with Gasteiger partial charge in [-0.3, -0.25) is 15.1 Å². The van der Waals surface area contributed by atoms with Gasteiger partial charge in [0.1, 0.15) is 0 Å². The lowest BCUT2D eigenvalue weighted by Gasteiger charge is -2.06. The first kappa shape index (κ1) is 16.3. The van der Waals surface area contributed by atoms with E-state index in [1.54, 1.807) is 36.0 Å². The van der Waals surface area contributed by atoms with Crippen molar-refractivity contribution in [2.24, 2.45) is 0 Å². The van der Waals surface area contributed by atoms with Gasteiger partial charge in [0.15, 0.2) is 15.0 Å². The van der Waals surface area contributed by atoms with Crippen molar-refractivity contribution in [1.82, 2.24) is 9.97 Å². The highest BCUT2D eigenvalue weighted by atomic mass is 32.2. The summed E-state index contributed by atoms with van der Waals surface area (Å²) in [5.41, 5.74) is 1.63. The van der Waals surface area contributed by atoms with E-state index < -0.39 is 15.7 Å². The molecule has 0 radical (unpaired) electrons. The first-order chi connectivity index (χ1) is 11.4. The second-order valence-electron chi connectivity index (χ2n) is 5.00. The SMILES string of the molecule is CS(=O)(=O)c1ccccc1C(=O)Nc1nc(-c2cccnc2)cs1. The summed E-state index contributed by atoms with van der Waals surface area (Å²) in [6, 6.07) is 9.75. The Morgan fingerprint density at radius 1 is 1.17 bits per heavy atom. The number of nitrogens with one attached hydrogen (secondary N) is 1. The summed E-state index contributed by atoms with van der Waals surface area (Å²) in [7, 11) is -3.49. The fourth-order valence-electron chi connectivity index (χ4n) is 2.12. The molecule has 1 N–H and O–H groups in total. The Morgan fingerprint density at radius 2 is 1.96 bits per heavy atom. The maximum Gasteiger partial charge on any atom is 0.258 e. The number of anilines is 1. The Hall–Kier alpha value is -2.58. The molecular weight excluding hydrogens is 346 g/mol. The summed E-state index contributed by atoms with van der Waals surface area (Å²) in [5, 5.41) is 4.84. The molecule has 122 valence electrons. The number of benzene rings is 1. The first-order valence-corrected chi connectivity index (χ1v) is 9.68. The van der Waals surface area contributed by atoms with Gasteiger partial charge in [0.25, 0.3) is 5.91 Å². The molecule has 0 fully saturated rings. The van der Waals surface area contributed by atoms with Crippen LogP contribution in [0.3, 0.4) is 0 Å². The van der Waals surface area contributed by atoms with Gasteiger partial charge in [-0.15, -0.1) is 11.3 Å². The van der Waals surface area contributed by atoms with Gasteiger partial charge in [-0.2, -0.15) is 0 Å². The van der Waals surface area contributed by atoms with Crippen LogP contribution < -0.4 is 5.32 Å². The van der Waals surface area contributed by atoms with Crippen molar-refractivity contribution in [2.45, 2.75) is 4.90 Å². The number of nitrogens with zero attached hydrogens (tertiary/aromatic N) is 2. The average Bonchev–Trinajstić information content (AvgIpc) is 3.03. The Bertz CT molecular complexity index is 983. The summed E-state index contributed by atoms with van der Waals surface area (Å²) in [6.07, 6.45) is 4.42. The minimum Gasteiger partial charge on any atom is -0.298 e. The topological polar surface area (TPSA) is 89.0 Å². The van der Waals surface area contributed by atoms with Gasteiger partial charge >= 0.3 is 0 Å². The minimum absolute atomic E-state index is 0.00783. The van der Waals surface area contributed by atoms with E-state index in [9.17, 15) is 13.2 Å². The van der Waals surface area contributed by atoms with Crippen LogP contribution in [0.4, 0.5) is 5.13 Å². The molecule has 2 aromatic heterocycles. The molecule has 0 atom stereocenters. The van der Waals surface area contributed by atoms with E-state index in [1.807, 2.05) is 6.07 Å². The van der Waals surface area contributed by atoms with Crippen molar-refractivity contribution in [3.63, 3.8) is 0 Å². The van der Waals surface area contributed by atoms with Crippen LogP contribution >= 0.6 is 11.3 Å². The molecule has 3 rings (SSSR count). The number of rotatable bonds is 4. The Balaban J connectivity index is 1.86. The number of carbonyl (C=O) groups excluding carboxylic acids is 1. The maximum absolute atomic E-state index is 12.4. The minimum atomic E-state index is -3.49. The van der Waals surface area contributed by atoms with E-state index in [2.05, 4.69) is 15.3 Å². The van der Waals surface area contributed by atoms with Crippen molar-refractivity contribution >= 4 is 32.2 Å². The highest BCUT2D eigenvalue weighted by Gasteiger charge is 2.19. The van der Waals surface area contributed by atoms with Crippen LogP contribution in [-0.2, 0) is 9.84 Å². The number of hydrogen-bond donors (Lipinski definition) is 1. The number of carbonyl (C=O) groups is 1. The predicted octanol–water partition coefficient (Wildman–Crippen LogP) is 2.86. The van der Waals surface area contributed by atoms with Crippen molar-refractivity contribution in [3.8, 4) is 11.3 Å². The van der Waals surface area contributed by atoms with E-state index in [0.717, 1.165) is 11.8 Å². The Morgan fingerprint density at radius 3 is 2.67 bits per heavy atom. The van der Waals surface area contributed by atoms with Gasteiger partial charge in [-0.25, -0.2) is 13.4 Å². The van der Waals surface area contributed by atoms with E-state index >= 15 is 0 Å². The molecule has 3 aromatic rings. The summed E-state index contributed by atoms with van der Waals surface area (Å²) >= 11 is 1.26. The molecule has 0 aliphatic rings. The maximum atomic E-state index is 12.4. The fourth-order valence-corrected chi connectivity index (χ4v) is 3.72. The fraction of sp³-hybridized carbons (Fsp3) is 0.0625. The van der Waals surface area contributed by atoms with Crippen LogP contribution in [0.2, 0.25) is 0 Å². The zero-order valence-electron chi connectivity index (χ0n) is 12.6. The monoisotopic (exact) mass is 359 g/mol. The molecule has 0 saturated carbocycles. The molecule has 0 aliphatic heterocycles. The molecule has 2 heterocycles. The summed E-state index contributed by atoms with van der Waals surface area (Å²) in [6.45, 7) is 0. The van der Waals surface area contributed by atoms with Crippen LogP contribution in [-0.4, -0.2) is 30.5 Å². The molecule has 0 bridgehead atoms. The molecule has 1 amide bonds. The highest BCUT2D eigenvalue weighted by molar-refractivity contribution is 7.90. The highest BCUT2D eigenvalue weighted by Crippen LogP contribution is 2.25. The first-order valence-electron chi connectivity index (χ1n) is 6.91. The van der Waals surface area contributed by atoms with Gasteiger partial charge in [0.2, 0.25) is 0 Å². The summed E-state index contributed by atoms with van der Waals surface area (Å²) in [4.78, 5) is 20.8. The molecule has 0 saturated heterocycles. The van der Waals surface area contributed by atoms with Crippen molar-refractivity contribution < 1.29 is 13.2 Å². The van der Waals surface area contributed by atoms with Gasteiger partial charge < -0.3 is 0 Å². The third-order valence-electron chi connectivity index (χ3n) is 3.21. The third-order valence-corrected chi connectivity index (χ3v) is 5.13. The summed E-state index contributed by atoms with van der Waals surface area (Å²) < 4.78 is 23.6. The number of sulfone groups is 1. The van der Waals surface area contributed by atoms with Crippen LogP contribution in [0.1, 0.15) is 10.4 Å². The normalized spacial score (nSPS) is 11.2. The quantitative estimate of drug-likeness (QED) is 0.774. The lowest BCUT2D eigenvalue weighted by Crippen LogP contribution is -2.15. The number of thiazole rings is 1. The van der Waals surface area contributed by atoms with Crippen LogP contribution in [0.15, 0.2) is 59.1 Å². The second-order valence-corrected chi connectivity index (χ2v) is 7.84. The Kier molecular flexibility index (Phi) is 4.41. The largest absolute Gasteiger partial charge is 0.298 e. The van der Waals surface area contributed by atoms with E-state index in [4.69, 9.17) is 0 Å². The van der Waals surface area contributed by atoms with E-state index in [-0.39, 0.29) is 10.5 Å². The predicted molar refractivity (Wildman–Crippen MR) is 92.9 cm³/mol. The van der Waals surface area contributed by atoms with Crippen LogP contribution in [0.5, 0.6) is 0 Å². The van der Waals surface area contributed by atoms with Gasteiger partial charge in [0.05, 0.1) is 16.2 Å². The van der Waals surface area contributed by atoms with Crippen LogP contribution in [0, 0.1) is 0 Å². The van der Waals surface area contributed by atoms with Gasteiger partial charge in [-0.1, -0.05) is 12.1 Å². The van der Waals surface area contributed by atoms with Crippen LogP contribution in [0.25, 0.3) is 11.3 Å². The average molecular weight is 359 g/mol. The number of amides is 1. The molecule has 6 nitrogen and oxygen atoms in total. The standard InChI is InChI=1S/C16H13N3O3S2/c1-24(21,22)14-7-3-2-6-12(14)15(20)19-16-18-13(10-23-16)11-5-4-8-17-9-11/h2-10H,1H3,(H,18,19,20). The smallest absolute Gasteiger partial charge is 0.258 e. The molecule has 1 aromatic carbocycles. The summed E-state index contributed by atoms with van der Waals surface area (Å²) in [5.74, 6) is -0.511. The molecule has 24 heavy (non-hydrogen) atoms. The zero-order chi connectivity index (χ0) is 17.2. The number of hydrogen-bond acceptors (Lipinski definition) is 6. The Labute approximate surface area is 143 Å². The molecular formula is C16H13N3O3S2. The molecule has 0 unspecified atom stereocenters. The lowest BCUT2D eigenvalue weighted by atomic mass is 10.2. The molecule has 8 heteroatoms. The number of aromatic nitrogens is 2. The van der Waals surface area contributed by atoms with Crippen molar-refractivity contribution in [3.05, 3.63) is 59.7 Å². The van der Waals surface area contributed by atoms with Crippen molar-refractivity contribution in [1.29, 1.82) is 0 Å². The van der Waals surface area contributed by atoms with Gasteiger partial charge in [0, 0.05) is 29.6 Å².